The largest absolute Gasteiger partial charge is 0.508 e. The Labute approximate surface area is 254 Å². The number of carboxylic acids is 2. The van der Waals surface area contributed by atoms with Gasteiger partial charge in [-0.3, -0.25) is 29.4 Å². The summed E-state index contributed by atoms with van der Waals surface area (Å²) in [6.45, 7) is -0.883. The zero-order chi connectivity index (χ0) is 31.6. The number of methoxy groups -OCH3 is 2. The molecule has 2 aromatic carbocycles. The van der Waals surface area contributed by atoms with Crippen LogP contribution in [0.25, 0.3) is 0 Å². The van der Waals surface area contributed by atoms with Gasteiger partial charge in [0.15, 0.2) is 0 Å². The van der Waals surface area contributed by atoms with Crippen molar-refractivity contribution in [3.63, 3.8) is 0 Å². The van der Waals surface area contributed by atoms with Gasteiger partial charge in [-0.2, -0.15) is 0 Å². The van der Waals surface area contributed by atoms with E-state index >= 15 is 0 Å². The molecule has 4 aromatic rings. The van der Waals surface area contributed by atoms with Crippen LogP contribution in [-0.2, 0) is 9.59 Å². The minimum absolute atomic E-state index is 0.0194. The van der Waals surface area contributed by atoms with Crippen LogP contribution < -0.4 is 9.47 Å². The van der Waals surface area contributed by atoms with Gasteiger partial charge in [-0.1, -0.05) is 12.1 Å². The number of hydrogen-bond acceptors (Lipinski definition) is 10. The van der Waals surface area contributed by atoms with Gasteiger partial charge < -0.3 is 29.9 Å². The second kappa shape index (κ2) is 14.8. The molecule has 4 rings (SSSR count). The van der Waals surface area contributed by atoms with Crippen LogP contribution in [0.1, 0.15) is 34.6 Å². The van der Waals surface area contributed by atoms with Crippen molar-refractivity contribution in [3.05, 3.63) is 108 Å². The lowest BCUT2D eigenvalue weighted by Gasteiger charge is -2.35. The maximum absolute atomic E-state index is 12.2. The Morgan fingerprint density at radius 3 is 1.41 bits per heavy atom. The molecule has 12 heteroatoms. The maximum atomic E-state index is 12.2. The number of phenolic OH excluding ortho intramolecular Hbond substituents is 2. The van der Waals surface area contributed by atoms with Crippen LogP contribution in [0.5, 0.6) is 23.0 Å². The van der Waals surface area contributed by atoms with Gasteiger partial charge in [-0.25, -0.2) is 0 Å². The summed E-state index contributed by atoms with van der Waals surface area (Å²) >= 11 is 0. The number of aromatic nitrogens is 2. The van der Waals surface area contributed by atoms with Crippen molar-refractivity contribution in [1.29, 1.82) is 0 Å². The standard InChI is InChI=1S/C32H34N4O8/c1-43-21-9-11-27(37)23(17-21)31(25-7-3-5-13-33-25)35(19-29(39)40)15-16-36(20-30(41)42)32(26-8-4-6-14-34-26)24-18-22(44-2)10-12-28(24)38/h3-14,17-18,31-32,37-38H,15-16,19-20H2,1-2H3,(H,39,40)(H,41,42). The molecule has 0 radical (unpaired) electrons. The number of nitrogens with zero attached hydrogens (tertiary/aromatic N) is 4. The van der Waals surface area contributed by atoms with E-state index in [4.69, 9.17) is 9.47 Å². The molecule has 2 unspecified atom stereocenters. The van der Waals surface area contributed by atoms with Gasteiger partial charge in [-0.15, -0.1) is 0 Å². The maximum Gasteiger partial charge on any atom is 0.317 e. The Hall–Kier alpha value is -5.20. The highest BCUT2D eigenvalue weighted by Gasteiger charge is 2.32. The van der Waals surface area contributed by atoms with Crippen LogP contribution in [0, 0.1) is 0 Å². The number of benzene rings is 2. The average Bonchev–Trinajstić information content (AvgIpc) is 3.02. The molecule has 2 atom stereocenters. The van der Waals surface area contributed by atoms with Gasteiger partial charge >= 0.3 is 11.9 Å². The lowest BCUT2D eigenvalue weighted by Crippen LogP contribution is -2.43. The summed E-state index contributed by atoms with van der Waals surface area (Å²) in [4.78, 5) is 36.5. The first-order chi connectivity index (χ1) is 21.2. The number of pyridine rings is 2. The third kappa shape index (κ3) is 7.79. The summed E-state index contributed by atoms with van der Waals surface area (Å²) in [7, 11) is 2.97. The van der Waals surface area contributed by atoms with Crippen molar-refractivity contribution < 1.29 is 39.5 Å². The first kappa shape index (κ1) is 31.7. The van der Waals surface area contributed by atoms with E-state index in [2.05, 4.69) is 9.97 Å². The number of phenols is 2. The highest BCUT2D eigenvalue weighted by atomic mass is 16.5. The first-order valence-corrected chi connectivity index (χ1v) is 13.7. The molecule has 0 bridgehead atoms. The van der Waals surface area contributed by atoms with E-state index < -0.39 is 37.1 Å². The fourth-order valence-corrected chi connectivity index (χ4v) is 5.12. The minimum Gasteiger partial charge on any atom is -0.508 e. The molecule has 0 fully saturated rings. The lowest BCUT2D eigenvalue weighted by atomic mass is 9.98. The van der Waals surface area contributed by atoms with E-state index in [9.17, 15) is 30.0 Å². The molecule has 0 saturated heterocycles. The molecule has 44 heavy (non-hydrogen) atoms. The zero-order valence-corrected chi connectivity index (χ0v) is 24.3. The molecule has 12 nitrogen and oxygen atoms in total. The number of ether oxygens (including phenoxy) is 2. The third-order valence-corrected chi connectivity index (χ3v) is 7.08. The van der Waals surface area contributed by atoms with Gasteiger partial charge in [0, 0.05) is 36.6 Å². The molecule has 0 aliphatic rings. The Bertz CT molecular complexity index is 1440. The molecular formula is C32H34N4O8. The second-order valence-corrected chi connectivity index (χ2v) is 9.89. The number of aliphatic carboxylic acids is 2. The molecule has 230 valence electrons. The Morgan fingerprint density at radius 2 is 1.09 bits per heavy atom. The normalized spacial score (nSPS) is 12.5. The van der Waals surface area contributed by atoms with Crippen molar-refractivity contribution in [2.24, 2.45) is 0 Å². The lowest BCUT2D eigenvalue weighted by molar-refractivity contribution is -0.140. The number of aromatic hydroxyl groups is 2. The molecule has 0 amide bonds. The average molecular weight is 603 g/mol. The van der Waals surface area contributed by atoms with Gasteiger partial charge in [0.1, 0.15) is 23.0 Å². The van der Waals surface area contributed by atoms with E-state index in [1.54, 1.807) is 82.9 Å². The highest BCUT2D eigenvalue weighted by molar-refractivity contribution is 5.70. The molecule has 0 aliphatic carbocycles. The molecule has 0 aliphatic heterocycles. The molecule has 2 aromatic heterocycles. The Morgan fingerprint density at radius 1 is 0.682 bits per heavy atom. The fourth-order valence-electron chi connectivity index (χ4n) is 5.12. The van der Waals surface area contributed by atoms with Crippen molar-refractivity contribution in [3.8, 4) is 23.0 Å². The summed E-state index contributed by atoms with van der Waals surface area (Å²) < 4.78 is 10.8. The zero-order valence-electron chi connectivity index (χ0n) is 24.3. The van der Waals surface area contributed by atoms with E-state index in [-0.39, 0.29) is 24.6 Å². The fraction of sp³-hybridized carbons (Fsp3) is 0.250. The van der Waals surface area contributed by atoms with Gasteiger partial charge in [0.25, 0.3) is 0 Å². The second-order valence-electron chi connectivity index (χ2n) is 9.89. The number of rotatable bonds is 15. The van der Waals surface area contributed by atoms with Crippen molar-refractivity contribution in [2.45, 2.75) is 12.1 Å². The summed E-state index contributed by atoms with van der Waals surface area (Å²) in [5.74, 6) is -1.55. The van der Waals surface area contributed by atoms with Crippen LogP contribution in [-0.4, -0.2) is 92.5 Å². The van der Waals surface area contributed by atoms with Crippen LogP contribution in [0.15, 0.2) is 85.2 Å². The Balaban J connectivity index is 1.81. The topological polar surface area (TPSA) is 166 Å². The highest BCUT2D eigenvalue weighted by Crippen LogP contribution is 2.38. The number of carboxylic acid groups (broad SMARTS) is 2. The monoisotopic (exact) mass is 602 g/mol. The van der Waals surface area contributed by atoms with Gasteiger partial charge in [0.05, 0.1) is 50.8 Å². The van der Waals surface area contributed by atoms with Crippen LogP contribution >= 0.6 is 0 Å². The van der Waals surface area contributed by atoms with E-state index in [0.717, 1.165) is 0 Å². The quantitative estimate of drug-likeness (QED) is 0.157. The first-order valence-electron chi connectivity index (χ1n) is 13.7. The Kier molecular flexibility index (Phi) is 10.7. The minimum atomic E-state index is -1.13. The van der Waals surface area contributed by atoms with Gasteiger partial charge in [0.2, 0.25) is 0 Å². The van der Waals surface area contributed by atoms with E-state index in [0.29, 0.717) is 34.0 Å². The van der Waals surface area contributed by atoms with Crippen LogP contribution in [0.2, 0.25) is 0 Å². The predicted octanol–water partition coefficient (Wildman–Crippen LogP) is 3.56. The van der Waals surface area contributed by atoms with Crippen LogP contribution in [0.3, 0.4) is 0 Å². The van der Waals surface area contributed by atoms with E-state index in [1.807, 2.05) is 0 Å². The smallest absolute Gasteiger partial charge is 0.317 e. The molecular weight excluding hydrogens is 568 g/mol. The molecule has 2 heterocycles. The van der Waals surface area contributed by atoms with Crippen molar-refractivity contribution in [1.82, 2.24) is 19.8 Å². The van der Waals surface area contributed by atoms with Crippen molar-refractivity contribution in [2.75, 3.05) is 40.4 Å². The van der Waals surface area contributed by atoms with Gasteiger partial charge in [-0.05, 0) is 60.7 Å². The summed E-state index contributed by atoms with van der Waals surface area (Å²) in [6.07, 6.45) is 3.13. The third-order valence-electron chi connectivity index (χ3n) is 7.08. The van der Waals surface area contributed by atoms with Crippen molar-refractivity contribution >= 4 is 11.9 Å². The number of hydrogen-bond donors (Lipinski definition) is 4. The van der Waals surface area contributed by atoms with E-state index in [1.165, 1.54) is 26.4 Å². The van der Waals surface area contributed by atoms with Crippen LogP contribution in [0.4, 0.5) is 0 Å². The number of carbonyl (C=O) groups is 2. The predicted molar refractivity (Wildman–Crippen MR) is 160 cm³/mol. The summed E-state index contributed by atoms with van der Waals surface area (Å²) in [5, 5.41) is 41.7. The molecule has 4 N–H and O–H groups in total. The molecule has 0 saturated carbocycles. The summed E-state index contributed by atoms with van der Waals surface area (Å²) in [6, 6.07) is 18.0. The molecule has 0 spiro atoms. The summed E-state index contributed by atoms with van der Waals surface area (Å²) in [5.41, 5.74) is 1.66. The SMILES string of the molecule is COc1ccc(O)c(C(c2ccccn2)N(CCN(CC(=O)O)C(c2ccccn2)c2cc(OC)ccc2O)CC(=O)O)c1.